The Kier molecular flexibility index (Phi) is 5.43. The number of nitrogens with zero attached hydrogens (tertiary/aromatic N) is 2. The normalized spacial score (nSPS) is 11.0. The van der Waals surface area contributed by atoms with Gasteiger partial charge in [0, 0.05) is 11.8 Å². The summed E-state index contributed by atoms with van der Waals surface area (Å²) < 4.78 is 5.00. The molecule has 0 radical (unpaired) electrons. The Morgan fingerprint density at radius 2 is 1.96 bits per heavy atom. The molecular weight excluding hydrogens is 326 g/mol. The SMILES string of the molecule is CC(OC(=O)c1ccccc1[N+](=O)[O-])C(=O)Nc1cccc(C#N)c1. The van der Waals surface area contributed by atoms with Gasteiger partial charge >= 0.3 is 5.97 Å². The van der Waals surface area contributed by atoms with Gasteiger partial charge in [-0.3, -0.25) is 14.9 Å². The maximum Gasteiger partial charge on any atom is 0.345 e. The maximum absolute atomic E-state index is 12.1. The van der Waals surface area contributed by atoms with Crippen LogP contribution < -0.4 is 5.32 Å². The molecule has 0 bridgehead atoms. The van der Waals surface area contributed by atoms with E-state index in [0.29, 0.717) is 11.3 Å². The number of anilines is 1. The van der Waals surface area contributed by atoms with E-state index in [1.54, 1.807) is 18.2 Å². The van der Waals surface area contributed by atoms with E-state index < -0.39 is 28.6 Å². The first-order valence-corrected chi connectivity index (χ1v) is 7.18. The van der Waals surface area contributed by atoms with Crippen molar-refractivity contribution < 1.29 is 19.2 Å². The van der Waals surface area contributed by atoms with Crippen LogP contribution in [0, 0.1) is 21.4 Å². The van der Waals surface area contributed by atoms with Gasteiger partial charge in [-0.05, 0) is 31.2 Å². The molecule has 0 aliphatic rings. The number of nitro groups is 1. The Bertz CT molecular complexity index is 873. The predicted octanol–water partition coefficient (Wildman–Crippen LogP) is 2.65. The van der Waals surface area contributed by atoms with Crippen molar-refractivity contribution in [2.24, 2.45) is 0 Å². The van der Waals surface area contributed by atoms with Crippen molar-refractivity contribution in [1.82, 2.24) is 0 Å². The number of hydrogen-bond donors (Lipinski definition) is 1. The molecule has 25 heavy (non-hydrogen) atoms. The van der Waals surface area contributed by atoms with Crippen LogP contribution >= 0.6 is 0 Å². The second-order valence-corrected chi connectivity index (χ2v) is 5.00. The van der Waals surface area contributed by atoms with E-state index in [2.05, 4.69) is 5.32 Å². The molecule has 0 aliphatic heterocycles. The molecule has 0 aromatic heterocycles. The number of hydrogen-bond acceptors (Lipinski definition) is 6. The third-order valence-corrected chi connectivity index (χ3v) is 3.23. The number of amides is 1. The number of carbonyl (C=O) groups is 2. The lowest BCUT2D eigenvalue weighted by Crippen LogP contribution is -2.30. The average molecular weight is 339 g/mol. The van der Waals surface area contributed by atoms with E-state index in [0.717, 1.165) is 0 Å². The van der Waals surface area contributed by atoms with Crippen LogP contribution in [0.1, 0.15) is 22.8 Å². The molecule has 0 saturated carbocycles. The second kappa shape index (κ2) is 7.70. The van der Waals surface area contributed by atoms with E-state index in [9.17, 15) is 19.7 Å². The second-order valence-electron chi connectivity index (χ2n) is 5.00. The molecule has 2 rings (SSSR count). The zero-order chi connectivity index (χ0) is 18.4. The van der Waals surface area contributed by atoms with Gasteiger partial charge in [-0.25, -0.2) is 4.79 Å². The third-order valence-electron chi connectivity index (χ3n) is 3.23. The van der Waals surface area contributed by atoms with Crippen LogP contribution in [0.15, 0.2) is 48.5 Å². The van der Waals surface area contributed by atoms with E-state index in [1.165, 1.54) is 37.3 Å². The van der Waals surface area contributed by atoms with E-state index in [-0.39, 0.29) is 5.56 Å². The van der Waals surface area contributed by atoms with Crippen molar-refractivity contribution >= 4 is 23.3 Å². The molecule has 1 unspecified atom stereocenters. The van der Waals surface area contributed by atoms with E-state index >= 15 is 0 Å². The number of esters is 1. The highest BCUT2D eigenvalue weighted by molar-refractivity contribution is 5.98. The van der Waals surface area contributed by atoms with Gasteiger partial charge in [0.05, 0.1) is 16.6 Å². The van der Waals surface area contributed by atoms with Gasteiger partial charge in [0.1, 0.15) is 5.56 Å². The predicted molar refractivity (Wildman–Crippen MR) is 87.8 cm³/mol. The van der Waals surface area contributed by atoms with Gasteiger partial charge < -0.3 is 10.1 Å². The summed E-state index contributed by atoms with van der Waals surface area (Å²) in [5, 5.41) is 22.3. The molecule has 8 heteroatoms. The molecular formula is C17H13N3O5. The molecule has 1 N–H and O–H groups in total. The van der Waals surface area contributed by atoms with E-state index in [4.69, 9.17) is 10.00 Å². The lowest BCUT2D eigenvalue weighted by atomic mass is 10.2. The number of nitriles is 1. The largest absolute Gasteiger partial charge is 0.449 e. The first-order chi connectivity index (χ1) is 11.9. The smallest absolute Gasteiger partial charge is 0.345 e. The quantitative estimate of drug-likeness (QED) is 0.507. The van der Waals surface area contributed by atoms with Gasteiger partial charge in [0.15, 0.2) is 6.10 Å². The summed E-state index contributed by atoms with van der Waals surface area (Å²) in [6, 6.07) is 13.5. The number of carbonyl (C=O) groups excluding carboxylic acids is 2. The zero-order valence-electron chi connectivity index (χ0n) is 13.1. The lowest BCUT2D eigenvalue weighted by Gasteiger charge is -2.13. The van der Waals surface area contributed by atoms with Gasteiger partial charge in [0.25, 0.3) is 11.6 Å². The standard InChI is InChI=1S/C17H13N3O5/c1-11(16(21)19-13-6-4-5-12(9-13)10-18)25-17(22)14-7-2-3-8-15(14)20(23)24/h2-9,11H,1H3,(H,19,21). The summed E-state index contributed by atoms with van der Waals surface area (Å²) in [7, 11) is 0. The molecule has 0 spiro atoms. The molecule has 126 valence electrons. The first kappa shape index (κ1) is 17.6. The molecule has 0 aliphatic carbocycles. The minimum atomic E-state index is -1.18. The Morgan fingerprint density at radius 3 is 2.64 bits per heavy atom. The summed E-state index contributed by atoms with van der Waals surface area (Å²) >= 11 is 0. The molecule has 0 heterocycles. The van der Waals surface area contributed by atoms with Crippen LogP contribution in [0.2, 0.25) is 0 Å². The monoisotopic (exact) mass is 339 g/mol. The number of nitro benzene ring substituents is 1. The molecule has 1 atom stereocenters. The average Bonchev–Trinajstić information content (AvgIpc) is 2.61. The van der Waals surface area contributed by atoms with Gasteiger partial charge in [-0.1, -0.05) is 18.2 Å². The van der Waals surface area contributed by atoms with Crippen LogP contribution in [0.3, 0.4) is 0 Å². The van der Waals surface area contributed by atoms with Crippen molar-refractivity contribution in [2.75, 3.05) is 5.32 Å². The van der Waals surface area contributed by atoms with Crippen molar-refractivity contribution in [3.05, 3.63) is 69.8 Å². The molecule has 2 aromatic carbocycles. The first-order valence-electron chi connectivity index (χ1n) is 7.18. The van der Waals surface area contributed by atoms with Crippen molar-refractivity contribution in [2.45, 2.75) is 13.0 Å². The maximum atomic E-state index is 12.1. The minimum absolute atomic E-state index is 0.237. The van der Waals surface area contributed by atoms with Gasteiger partial charge in [-0.2, -0.15) is 5.26 Å². The fourth-order valence-electron chi connectivity index (χ4n) is 1.99. The van der Waals surface area contributed by atoms with Crippen LogP contribution in [-0.2, 0) is 9.53 Å². The highest BCUT2D eigenvalue weighted by Gasteiger charge is 2.24. The molecule has 0 fully saturated rings. The van der Waals surface area contributed by atoms with Crippen molar-refractivity contribution in [3.8, 4) is 6.07 Å². The summed E-state index contributed by atoms with van der Waals surface area (Å²) in [6.45, 7) is 1.34. The Hall–Kier alpha value is -3.73. The molecule has 8 nitrogen and oxygen atoms in total. The number of rotatable bonds is 5. The number of nitrogens with one attached hydrogen (secondary N) is 1. The Labute approximate surface area is 142 Å². The highest BCUT2D eigenvalue weighted by atomic mass is 16.6. The molecule has 2 aromatic rings. The summed E-state index contributed by atoms with van der Waals surface area (Å²) in [5.41, 5.74) is 0.0976. The van der Waals surface area contributed by atoms with Crippen LogP contribution in [0.25, 0.3) is 0 Å². The lowest BCUT2D eigenvalue weighted by molar-refractivity contribution is -0.385. The number of benzene rings is 2. The van der Waals surface area contributed by atoms with Crippen LogP contribution in [-0.4, -0.2) is 22.9 Å². The fraction of sp³-hybridized carbons (Fsp3) is 0.118. The van der Waals surface area contributed by atoms with Gasteiger partial charge in [-0.15, -0.1) is 0 Å². The Balaban J connectivity index is 2.07. The minimum Gasteiger partial charge on any atom is -0.449 e. The van der Waals surface area contributed by atoms with E-state index in [1.807, 2.05) is 6.07 Å². The highest BCUT2D eigenvalue weighted by Crippen LogP contribution is 2.19. The van der Waals surface area contributed by atoms with Crippen LogP contribution in [0.4, 0.5) is 11.4 Å². The zero-order valence-corrected chi connectivity index (χ0v) is 13.1. The van der Waals surface area contributed by atoms with Crippen LogP contribution in [0.5, 0.6) is 0 Å². The summed E-state index contributed by atoms with van der Waals surface area (Å²) in [4.78, 5) is 34.4. The number of ether oxygens (including phenoxy) is 1. The molecule has 1 amide bonds. The molecule has 0 saturated heterocycles. The van der Waals surface area contributed by atoms with Gasteiger partial charge in [0.2, 0.25) is 0 Å². The number of para-hydroxylation sites is 1. The fourth-order valence-corrected chi connectivity index (χ4v) is 1.99. The topological polar surface area (TPSA) is 122 Å². The summed E-state index contributed by atoms with van der Waals surface area (Å²) in [6.07, 6.45) is -1.18. The Morgan fingerprint density at radius 1 is 1.24 bits per heavy atom. The van der Waals surface area contributed by atoms with Crippen molar-refractivity contribution in [3.63, 3.8) is 0 Å². The third kappa shape index (κ3) is 4.39. The van der Waals surface area contributed by atoms with Crippen molar-refractivity contribution in [1.29, 1.82) is 5.26 Å². The summed E-state index contributed by atoms with van der Waals surface area (Å²) in [5.74, 6) is -1.59.